The maximum absolute atomic E-state index is 10.9. The molecule has 0 fully saturated rings. The Hall–Kier alpha value is -0.990. The second kappa shape index (κ2) is 3.64. The second-order valence-electron chi connectivity index (χ2n) is 2.42. The minimum absolute atomic E-state index is 0.204. The second-order valence-corrected chi connectivity index (χ2v) is 4.83. The van der Waals surface area contributed by atoms with E-state index in [1.165, 1.54) is 12.1 Å². The van der Waals surface area contributed by atoms with E-state index in [1.54, 1.807) is 0 Å². The maximum atomic E-state index is 10.9. The van der Waals surface area contributed by atoms with E-state index >= 15 is 0 Å². The van der Waals surface area contributed by atoms with E-state index in [2.05, 4.69) is 15.9 Å². The number of benzene rings is 1. The lowest BCUT2D eigenvalue weighted by atomic mass is 10.3. The van der Waals surface area contributed by atoms with Crippen molar-refractivity contribution in [3.63, 3.8) is 0 Å². The molecule has 1 aromatic rings. The summed E-state index contributed by atoms with van der Waals surface area (Å²) in [5.74, 6) is 0. The van der Waals surface area contributed by atoms with Crippen LogP contribution in [0.5, 0.6) is 0 Å². The maximum Gasteiger partial charge on any atom is 0.284 e. The van der Waals surface area contributed by atoms with Crippen molar-refractivity contribution < 1.29 is 13.3 Å². The number of hydrogen-bond acceptors (Lipinski definition) is 4. The fraction of sp³-hybridized carbons (Fsp3) is 0. The Bertz CT molecular complexity index is 485. The predicted octanol–water partition coefficient (Wildman–Crippen LogP) is 1.00. The lowest BCUT2D eigenvalue weighted by molar-refractivity contribution is -0.385. The Labute approximate surface area is 88.1 Å². The molecule has 14 heavy (non-hydrogen) atoms. The number of sulfonamides is 1. The number of nitro groups is 1. The van der Waals surface area contributed by atoms with Gasteiger partial charge >= 0.3 is 0 Å². The SMILES string of the molecule is NS(=O)(=O)c1ccc(Br)c([N+](=O)[O-])c1. The normalized spacial score (nSPS) is 11.3. The minimum atomic E-state index is -3.90. The highest BCUT2D eigenvalue weighted by Crippen LogP contribution is 2.26. The molecule has 0 amide bonds. The molecule has 0 saturated carbocycles. The molecule has 0 unspecified atom stereocenters. The van der Waals surface area contributed by atoms with Crippen LogP contribution in [0.25, 0.3) is 0 Å². The highest BCUT2D eigenvalue weighted by atomic mass is 79.9. The van der Waals surface area contributed by atoms with E-state index in [1.807, 2.05) is 0 Å². The van der Waals surface area contributed by atoms with Gasteiger partial charge in [0.1, 0.15) is 0 Å². The number of primary sulfonamides is 1. The van der Waals surface area contributed by atoms with Crippen LogP contribution in [0, 0.1) is 10.1 Å². The van der Waals surface area contributed by atoms with Gasteiger partial charge in [-0.25, -0.2) is 13.6 Å². The zero-order valence-corrected chi connectivity index (χ0v) is 9.08. The summed E-state index contributed by atoms with van der Waals surface area (Å²) in [4.78, 5) is 9.46. The molecule has 0 atom stereocenters. The number of nitrogens with zero attached hydrogens (tertiary/aromatic N) is 1. The van der Waals surface area contributed by atoms with Gasteiger partial charge in [-0.05, 0) is 28.1 Å². The van der Waals surface area contributed by atoms with Gasteiger partial charge in [0.15, 0.2) is 0 Å². The summed E-state index contributed by atoms with van der Waals surface area (Å²) in [6.45, 7) is 0. The van der Waals surface area contributed by atoms with Crippen molar-refractivity contribution in [2.45, 2.75) is 4.90 Å². The lowest BCUT2D eigenvalue weighted by Gasteiger charge is -1.99. The molecule has 6 nitrogen and oxygen atoms in total. The van der Waals surface area contributed by atoms with Crippen molar-refractivity contribution >= 4 is 31.6 Å². The highest BCUT2D eigenvalue weighted by molar-refractivity contribution is 9.10. The molecule has 0 aliphatic heterocycles. The third-order valence-electron chi connectivity index (χ3n) is 1.44. The largest absolute Gasteiger partial charge is 0.284 e. The first kappa shape index (κ1) is 11.1. The molecule has 0 radical (unpaired) electrons. The van der Waals surface area contributed by atoms with Crippen LogP contribution in [0.1, 0.15) is 0 Å². The van der Waals surface area contributed by atoms with E-state index in [0.29, 0.717) is 0 Å². The highest BCUT2D eigenvalue weighted by Gasteiger charge is 2.16. The Kier molecular flexibility index (Phi) is 2.88. The Balaban J connectivity index is 3.42. The number of hydrogen-bond donors (Lipinski definition) is 1. The molecule has 1 rings (SSSR count). The zero-order valence-electron chi connectivity index (χ0n) is 6.68. The third-order valence-corrected chi connectivity index (χ3v) is 3.02. The Morgan fingerprint density at radius 1 is 1.43 bits per heavy atom. The molecule has 0 heterocycles. The van der Waals surface area contributed by atoms with Crippen LogP contribution < -0.4 is 5.14 Å². The summed E-state index contributed by atoms with van der Waals surface area (Å²) in [5, 5.41) is 15.3. The van der Waals surface area contributed by atoms with Crippen molar-refractivity contribution in [1.82, 2.24) is 0 Å². The van der Waals surface area contributed by atoms with Gasteiger partial charge in [0.2, 0.25) is 10.0 Å². The smallest absolute Gasteiger partial charge is 0.258 e. The van der Waals surface area contributed by atoms with Crippen LogP contribution in [-0.2, 0) is 10.0 Å². The first-order chi connectivity index (χ1) is 6.32. The van der Waals surface area contributed by atoms with Crippen molar-refractivity contribution in [2.75, 3.05) is 0 Å². The Morgan fingerprint density at radius 2 is 2.00 bits per heavy atom. The molecular weight excluding hydrogens is 276 g/mol. The van der Waals surface area contributed by atoms with Crippen LogP contribution in [-0.4, -0.2) is 13.3 Å². The molecular formula is C6H5BrN2O4S. The zero-order chi connectivity index (χ0) is 10.9. The van der Waals surface area contributed by atoms with E-state index in [9.17, 15) is 18.5 Å². The van der Waals surface area contributed by atoms with E-state index in [-0.39, 0.29) is 15.1 Å². The molecule has 2 N–H and O–H groups in total. The summed E-state index contributed by atoms with van der Waals surface area (Å²) in [7, 11) is -3.90. The van der Waals surface area contributed by atoms with Gasteiger partial charge in [0, 0.05) is 6.07 Å². The Morgan fingerprint density at radius 3 is 2.43 bits per heavy atom. The number of nitrogens with two attached hydrogens (primary N) is 1. The molecule has 0 bridgehead atoms. The van der Waals surface area contributed by atoms with Crippen molar-refractivity contribution in [3.05, 3.63) is 32.8 Å². The van der Waals surface area contributed by atoms with Crippen LogP contribution in [0.3, 0.4) is 0 Å². The van der Waals surface area contributed by atoms with Gasteiger partial charge in [-0.3, -0.25) is 10.1 Å². The summed E-state index contributed by atoms with van der Waals surface area (Å²) >= 11 is 2.92. The summed E-state index contributed by atoms with van der Waals surface area (Å²) < 4.78 is 21.9. The van der Waals surface area contributed by atoms with Crippen molar-refractivity contribution in [2.24, 2.45) is 5.14 Å². The fourth-order valence-electron chi connectivity index (χ4n) is 0.809. The topological polar surface area (TPSA) is 103 Å². The quantitative estimate of drug-likeness (QED) is 0.645. The first-order valence-electron chi connectivity index (χ1n) is 3.29. The third kappa shape index (κ3) is 2.28. The summed E-state index contributed by atoms with van der Waals surface area (Å²) in [5.41, 5.74) is -0.337. The van der Waals surface area contributed by atoms with Crippen LogP contribution in [0.2, 0.25) is 0 Å². The average molecular weight is 281 g/mol. The van der Waals surface area contributed by atoms with Crippen LogP contribution in [0.4, 0.5) is 5.69 Å². The van der Waals surface area contributed by atoms with Crippen LogP contribution >= 0.6 is 15.9 Å². The van der Waals surface area contributed by atoms with Crippen molar-refractivity contribution in [3.8, 4) is 0 Å². The molecule has 8 heteroatoms. The molecule has 0 aromatic heterocycles. The predicted molar refractivity (Wildman–Crippen MR) is 52.2 cm³/mol. The average Bonchev–Trinajstić information content (AvgIpc) is 2.02. The summed E-state index contributed by atoms with van der Waals surface area (Å²) in [6, 6.07) is 3.35. The van der Waals surface area contributed by atoms with Crippen LogP contribution in [0.15, 0.2) is 27.6 Å². The van der Waals surface area contributed by atoms with E-state index in [4.69, 9.17) is 5.14 Å². The summed E-state index contributed by atoms with van der Waals surface area (Å²) in [6.07, 6.45) is 0. The molecule has 0 aliphatic carbocycles. The minimum Gasteiger partial charge on any atom is -0.258 e. The van der Waals surface area contributed by atoms with E-state index < -0.39 is 14.9 Å². The van der Waals surface area contributed by atoms with Gasteiger partial charge in [0.25, 0.3) is 5.69 Å². The van der Waals surface area contributed by atoms with Crippen molar-refractivity contribution in [1.29, 1.82) is 0 Å². The number of halogens is 1. The van der Waals surface area contributed by atoms with Gasteiger partial charge in [0.05, 0.1) is 14.3 Å². The fourth-order valence-corrected chi connectivity index (χ4v) is 1.73. The molecule has 0 saturated heterocycles. The molecule has 0 spiro atoms. The van der Waals surface area contributed by atoms with Gasteiger partial charge < -0.3 is 0 Å². The number of nitro benzene ring substituents is 1. The molecule has 0 aliphatic rings. The first-order valence-corrected chi connectivity index (χ1v) is 5.63. The number of rotatable bonds is 2. The van der Waals surface area contributed by atoms with E-state index in [0.717, 1.165) is 6.07 Å². The van der Waals surface area contributed by atoms with Gasteiger partial charge in [-0.1, -0.05) is 0 Å². The standard InChI is InChI=1S/C6H5BrN2O4S/c7-5-2-1-4(14(8,12)13)3-6(5)9(10)11/h1-3H,(H2,8,12,13). The molecule has 76 valence electrons. The van der Waals surface area contributed by atoms with Gasteiger partial charge in [-0.15, -0.1) is 0 Å². The monoisotopic (exact) mass is 280 g/mol. The lowest BCUT2D eigenvalue weighted by Crippen LogP contribution is -2.12. The molecule has 1 aromatic carbocycles. The van der Waals surface area contributed by atoms with Gasteiger partial charge in [-0.2, -0.15) is 0 Å².